The van der Waals surface area contributed by atoms with Crippen molar-refractivity contribution in [2.45, 2.75) is 57.1 Å². The Morgan fingerprint density at radius 2 is 1.50 bits per heavy atom. The topological polar surface area (TPSA) is 86.8 Å². The van der Waals surface area contributed by atoms with Gasteiger partial charge in [-0.15, -0.1) is 0 Å². The first kappa shape index (κ1) is 25.5. The highest BCUT2D eigenvalue weighted by Crippen LogP contribution is 2.16. The van der Waals surface area contributed by atoms with Crippen LogP contribution in [0, 0.1) is 0 Å². The van der Waals surface area contributed by atoms with Crippen LogP contribution in [-0.2, 0) is 26.2 Å². The van der Waals surface area contributed by atoms with Crippen molar-refractivity contribution < 1.29 is 18.0 Å². The van der Waals surface area contributed by atoms with Crippen LogP contribution in [-0.4, -0.2) is 55.1 Å². The van der Waals surface area contributed by atoms with Crippen molar-refractivity contribution >= 4 is 21.8 Å². The maximum absolute atomic E-state index is 13.1. The van der Waals surface area contributed by atoms with Crippen LogP contribution >= 0.6 is 0 Å². The number of benzene rings is 2. The molecule has 0 spiro atoms. The molecular formula is C24H33N3O4S. The normalized spacial score (nSPS) is 12.6. The predicted molar refractivity (Wildman–Crippen MR) is 125 cm³/mol. The minimum Gasteiger partial charge on any atom is -0.352 e. The van der Waals surface area contributed by atoms with Gasteiger partial charge in [0.2, 0.25) is 21.8 Å². The average molecular weight is 460 g/mol. The van der Waals surface area contributed by atoms with Crippen molar-refractivity contribution in [2.75, 3.05) is 13.6 Å². The van der Waals surface area contributed by atoms with Crippen molar-refractivity contribution in [2.24, 2.45) is 0 Å². The standard InChI is InChI=1S/C24H33N3O4S/c1-19(2)25-24(29)20(3)27(18-21-12-7-5-8-13-21)23(28)16-11-17-26(4)32(30,31)22-14-9-6-10-15-22/h5-10,12-15,19-20H,11,16-18H2,1-4H3,(H,25,29)/t20-/m0/s1. The Labute approximate surface area is 191 Å². The Morgan fingerprint density at radius 1 is 0.938 bits per heavy atom. The van der Waals surface area contributed by atoms with E-state index in [1.165, 1.54) is 11.4 Å². The van der Waals surface area contributed by atoms with E-state index < -0.39 is 16.1 Å². The van der Waals surface area contributed by atoms with Crippen LogP contribution in [0.2, 0.25) is 0 Å². The second-order valence-corrected chi connectivity index (χ2v) is 10.1. The molecule has 0 unspecified atom stereocenters. The molecule has 0 aliphatic rings. The third-order valence-corrected chi connectivity index (χ3v) is 6.98. The van der Waals surface area contributed by atoms with Crippen molar-refractivity contribution in [1.82, 2.24) is 14.5 Å². The van der Waals surface area contributed by atoms with E-state index in [9.17, 15) is 18.0 Å². The molecule has 0 aliphatic heterocycles. The highest BCUT2D eigenvalue weighted by Gasteiger charge is 2.27. The summed E-state index contributed by atoms with van der Waals surface area (Å²) in [4.78, 5) is 27.4. The third-order valence-electron chi connectivity index (χ3n) is 5.11. The second kappa shape index (κ2) is 11.8. The van der Waals surface area contributed by atoms with E-state index in [1.54, 1.807) is 42.2 Å². The van der Waals surface area contributed by atoms with Crippen LogP contribution in [0.25, 0.3) is 0 Å². The number of carbonyl (C=O) groups is 2. The maximum Gasteiger partial charge on any atom is 0.242 e. The zero-order valence-electron chi connectivity index (χ0n) is 19.2. The Morgan fingerprint density at radius 3 is 2.06 bits per heavy atom. The largest absolute Gasteiger partial charge is 0.352 e. The number of amides is 2. The minimum absolute atomic E-state index is 0.0320. The fraction of sp³-hybridized carbons (Fsp3) is 0.417. The minimum atomic E-state index is -3.60. The van der Waals surface area contributed by atoms with Gasteiger partial charge in [0, 0.05) is 32.6 Å². The summed E-state index contributed by atoms with van der Waals surface area (Å²) in [5, 5.41) is 2.86. The van der Waals surface area contributed by atoms with E-state index in [0.717, 1.165) is 5.56 Å². The molecule has 2 aromatic rings. The molecule has 0 aliphatic carbocycles. The van der Waals surface area contributed by atoms with Crippen molar-refractivity contribution in [3.05, 3.63) is 66.2 Å². The predicted octanol–water partition coefficient (Wildman–Crippen LogP) is 3.03. The van der Waals surface area contributed by atoms with Gasteiger partial charge in [0.15, 0.2) is 0 Å². The molecule has 2 aromatic carbocycles. The molecule has 0 aromatic heterocycles. The van der Waals surface area contributed by atoms with Crippen LogP contribution in [0.5, 0.6) is 0 Å². The van der Waals surface area contributed by atoms with E-state index in [4.69, 9.17) is 0 Å². The van der Waals surface area contributed by atoms with Gasteiger partial charge in [-0.2, -0.15) is 0 Å². The number of sulfonamides is 1. The van der Waals surface area contributed by atoms with E-state index in [2.05, 4.69) is 5.32 Å². The molecule has 1 atom stereocenters. The number of hydrogen-bond donors (Lipinski definition) is 1. The van der Waals surface area contributed by atoms with Gasteiger partial charge in [0.1, 0.15) is 6.04 Å². The van der Waals surface area contributed by atoms with Gasteiger partial charge in [0.25, 0.3) is 0 Å². The molecule has 174 valence electrons. The molecule has 2 amide bonds. The molecule has 32 heavy (non-hydrogen) atoms. The van der Waals surface area contributed by atoms with Crippen LogP contribution < -0.4 is 5.32 Å². The van der Waals surface area contributed by atoms with Crippen LogP contribution in [0.1, 0.15) is 39.2 Å². The number of hydrogen-bond acceptors (Lipinski definition) is 4. The lowest BCUT2D eigenvalue weighted by molar-refractivity contribution is -0.140. The Bertz CT molecular complexity index is 979. The lowest BCUT2D eigenvalue weighted by Crippen LogP contribution is -2.49. The van der Waals surface area contributed by atoms with E-state index >= 15 is 0 Å². The fourth-order valence-corrected chi connectivity index (χ4v) is 4.49. The SMILES string of the molecule is CC(C)NC(=O)[C@H](C)N(Cc1ccccc1)C(=O)CCCN(C)S(=O)(=O)c1ccccc1. The van der Waals surface area contributed by atoms with E-state index in [1.807, 2.05) is 44.2 Å². The highest BCUT2D eigenvalue weighted by atomic mass is 32.2. The summed E-state index contributed by atoms with van der Waals surface area (Å²) in [5.74, 6) is -0.404. The molecule has 0 saturated heterocycles. The fourth-order valence-electron chi connectivity index (χ4n) is 3.26. The second-order valence-electron chi connectivity index (χ2n) is 8.09. The zero-order chi connectivity index (χ0) is 23.7. The van der Waals surface area contributed by atoms with Gasteiger partial charge >= 0.3 is 0 Å². The molecule has 0 saturated carbocycles. The van der Waals surface area contributed by atoms with Crippen molar-refractivity contribution in [3.8, 4) is 0 Å². The molecular weight excluding hydrogens is 426 g/mol. The number of nitrogens with zero attached hydrogens (tertiary/aromatic N) is 2. The van der Waals surface area contributed by atoms with Gasteiger partial charge in [-0.25, -0.2) is 12.7 Å². The summed E-state index contributed by atoms with van der Waals surface area (Å²) < 4.78 is 26.6. The first-order chi connectivity index (χ1) is 15.1. The molecule has 8 heteroatoms. The first-order valence-electron chi connectivity index (χ1n) is 10.8. The van der Waals surface area contributed by atoms with Gasteiger partial charge in [-0.3, -0.25) is 9.59 Å². The summed E-state index contributed by atoms with van der Waals surface area (Å²) in [6.45, 7) is 5.97. The average Bonchev–Trinajstić information content (AvgIpc) is 2.77. The summed E-state index contributed by atoms with van der Waals surface area (Å²) in [7, 11) is -2.10. The third kappa shape index (κ3) is 7.17. The summed E-state index contributed by atoms with van der Waals surface area (Å²) >= 11 is 0. The summed E-state index contributed by atoms with van der Waals surface area (Å²) in [5.41, 5.74) is 0.925. The molecule has 7 nitrogen and oxygen atoms in total. The monoisotopic (exact) mass is 459 g/mol. The molecule has 0 fully saturated rings. The maximum atomic E-state index is 13.1. The molecule has 0 radical (unpaired) electrons. The van der Waals surface area contributed by atoms with Crippen LogP contribution in [0.3, 0.4) is 0 Å². The molecule has 0 bridgehead atoms. The van der Waals surface area contributed by atoms with Crippen LogP contribution in [0.15, 0.2) is 65.6 Å². The van der Waals surface area contributed by atoms with Gasteiger partial charge in [-0.05, 0) is 44.9 Å². The molecule has 1 N–H and O–H groups in total. The number of rotatable bonds is 11. The molecule has 0 heterocycles. The number of carbonyl (C=O) groups excluding carboxylic acids is 2. The van der Waals surface area contributed by atoms with Crippen LogP contribution in [0.4, 0.5) is 0 Å². The lowest BCUT2D eigenvalue weighted by atomic mass is 10.1. The van der Waals surface area contributed by atoms with Crippen molar-refractivity contribution in [1.29, 1.82) is 0 Å². The molecule has 2 rings (SSSR count). The van der Waals surface area contributed by atoms with E-state index in [0.29, 0.717) is 13.0 Å². The van der Waals surface area contributed by atoms with Gasteiger partial charge in [-0.1, -0.05) is 48.5 Å². The lowest BCUT2D eigenvalue weighted by Gasteiger charge is -2.29. The first-order valence-corrected chi connectivity index (χ1v) is 12.2. The Hall–Kier alpha value is -2.71. The highest BCUT2D eigenvalue weighted by molar-refractivity contribution is 7.89. The van der Waals surface area contributed by atoms with E-state index in [-0.39, 0.29) is 35.7 Å². The Balaban J connectivity index is 2.04. The summed E-state index contributed by atoms with van der Waals surface area (Å²) in [6.07, 6.45) is 0.492. The van der Waals surface area contributed by atoms with Gasteiger partial charge in [0.05, 0.1) is 4.90 Å². The van der Waals surface area contributed by atoms with Gasteiger partial charge < -0.3 is 10.2 Å². The smallest absolute Gasteiger partial charge is 0.242 e. The zero-order valence-corrected chi connectivity index (χ0v) is 20.0. The van der Waals surface area contributed by atoms with Crippen molar-refractivity contribution in [3.63, 3.8) is 0 Å². The summed E-state index contributed by atoms with van der Waals surface area (Å²) in [6, 6.07) is 17.0. The number of nitrogens with one attached hydrogen (secondary N) is 1. The quantitative estimate of drug-likeness (QED) is 0.560. The Kier molecular flexibility index (Phi) is 9.41.